The monoisotopic (exact) mass is 299 g/mol. The lowest BCUT2D eigenvalue weighted by Crippen LogP contribution is -2.14. The molecule has 21 heavy (non-hydrogen) atoms. The van der Waals surface area contributed by atoms with Crippen LogP contribution < -0.4 is 5.32 Å². The number of amides is 1. The van der Waals surface area contributed by atoms with Crippen LogP contribution in [0.15, 0.2) is 42.7 Å². The van der Waals surface area contributed by atoms with Crippen LogP contribution in [0, 0.1) is 13.8 Å². The number of halogens is 1. The van der Waals surface area contributed by atoms with E-state index in [4.69, 9.17) is 11.6 Å². The number of nitrogens with one attached hydrogen (secondary N) is 1. The number of aromatic nitrogens is 2. The molecule has 4 nitrogen and oxygen atoms in total. The van der Waals surface area contributed by atoms with E-state index in [-0.39, 0.29) is 5.91 Å². The van der Waals surface area contributed by atoms with E-state index in [0.717, 1.165) is 16.9 Å². The van der Waals surface area contributed by atoms with Gasteiger partial charge in [-0.25, -0.2) is 4.98 Å². The Morgan fingerprint density at radius 1 is 1.29 bits per heavy atom. The van der Waals surface area contributed by atoms with Crippen molar-refractivity contribution in [3.63, 3.8) is 0 Å². The van der Waals surface area contributed by atoms with Crippen LogP contribution in [-0.4, -0.2) is 15.3 Å². The molecule has 0 radical (unpaired) electrons. The van der Waals surface area contributed by atoms with Gasteiger partial charge in [-0.15, -0.1) is 0 Å². The largest absolute Gasteiger partial charge is 0.322 e. The van der Waals surface area contributed by atoms with Crippen molar-refractivity contribution >= 4 is 28.8 Å². The first kappa shape index (κ1) is 13.6. The highest BCUT2D eigenvalue weighted by Crippen LogP contribution is 2.21. The molecule has 2 heterocycles. The van der Waals surface area contributed by atoms with Crippen molar-refractivity contribution in [2.24, 2.45) is 0 Å². The van der Waals surface area contributed by atoms with E-state index in [1.807, 2.05) is 42.8 Å². The van der Waals surface area contributed by atoms with Gasteiger partial charge in [0.2, 0.25) is 0 Å². The van der Waals surface area contributed by atoms with Gasteiger partial charge in [-0.1, -0.05) is 11.6 Å². The van der Waals surface area contributed by atoms with Crippen LogP contribution in [0.2, 0.25) is 5.02 Å². The van der Waals surface area contributed by atoms with Gasteiger partial charge in [-0.2, -0.15) is 0 Å². The number of anilines is 1. The van der Waals surface area contributed by atoms with E-state index in [2.05, 4.69) is 10.3 Å². The molecule has 0 aliphatic heterocycles. The lowest BCUT2D eigenvalue weighted by molar-refractivity contribution is 0.102. The zero-order valence-electron chi connectivity index (χ0n) is 11.7. The van der Waals surface area contributed by atoms with Crippen molar-refractivity contribution in [1.29, 1.82) is 0 Å². The molecule has 0 bridgehead atoms. The first-order valence-corrected chi connectivity index (χ1v) is 6.94. The number of pyridine rings is 1. The zero-order valence-corrected chi connectivity index (χ0v) is 12.5. The fraction of sp³-hybridized carbons (Fsp3) is 0.125. The summed E-state index contributed by atoms with van der Waals surface area (Å²) in [6.45, 7) is 3.81. The average molecular weight is 300 g/mol. The third-order valence-electron chi connectivity index (χ3n) is 3.28. The Morgan fingerprint density at radius 2 is 2.10 bits per heavy atom. The van der Waals surface area contributed by atoms with Crippen LogP contribution in [-0.2, 0) is 0 Å². The Balaban J connectivity index is 1.97. The molecule has 2 aromatic heterocycles. The number of hydrogen-bond donors (Lipinski definition) is 1. The molecule has 0 spiro atoms. The van der Waals surface area contributed by atoms with Gasteiger partial charge in [-0.3, -0.25) is 4.79 Å². The van der Waals surface area contributed by atoms with Crippen LogP contribution in [0.5, 0.6) is 0 Å². The quantitative estimate of drug-likeness (QED) is 0.781. The van der Waals surface area contributed by atoms with Crippen LogP contribution in [0.1, 0.15) is 21.6 Å². The number of fused-ring (bicyclic) bond motifs is 1. The van der Waals surface area contributed by atoms with Gasteiger partial charge < -0.3 is 9.72 Å². The fourth-order valence-electron chi connectivity index (χ4n) is 2.27. The second-order valence-corrected chi connectivity index (χ2v) is 5.38. The minimum absolute atomic E-state index is 0.184. The molecule has 1 N–H and O–H groups in total. The SMILES string of the molecule is Cc1cn2cccc(C(=O)Nc3ccc(Cl)cc3C)c2n1. The maximum atomic E-state index is 12.5. The van der Waals surface area contributed by atoms with Crippen LogP contribution >= 0.6 is 11.6 Å². The highest BCUT2D eigenvalue weighted by Gasteiger charge is 2.13. The normalized spacial score (nSPS) is 10.8. The molecule has 0 aliphatic carbocycles. The first-order valence-electron chi connectivity index (χ1n) is 6.56. The first-order chi connectivity index (χ1) is 10.0. The maximum Gasteiger partial charge on any atom is 0.259 e. The summed E-state index contributed by atoms with van der Waals surface area (Å²) in [5, 5.41) is 3.55. The standard InChI is InChI=1S/C16H14ClN3O/c1-10-8-12(17)5-6-14(10)19-16(21)13-4-3-7-20-9-11(2)18-15(13)20/h3-9H,1-2H3,(H,19,21). The van der Waals surface area contributed by atoms with Gasteiger partial charge in [0.25, 0.3) is 5.91 Å². The third-order valence-corrected chi connectivity index (χ3v) is 3.52. The molecule has 0 fully saturated rings. The Morgan fingerprint density at radius 3 is 2.86 bits per heavy atom. The topological polar surface area (TPSA) is 46.4 Å². The van der Waals surface area contributed by atoms with Gasteiger partial charge in [0.15, 0.2) is 0 Å². The number of nitrogens with zero attached hydrogens (tertiary/aromatic N) is 2. The lowest BCUT2D eigenvalue weighted by atomic mass is 10.2. The van der Waals surface area contributed by atoms with Crippen LogP contribution in [0.4, 0.5) is 5.69 Å². The molecule has 1 aromatic carbocycles. The van der Waals surface area contributed by atoms with E-state index >= 15 is 0 Å². The molecule has 0 aliphatic rings. The number of aryl methyl sites for hydroxylation is 2. The van der Waals surface area contributed by atoms with Crippen molar-refractivity contribution in [3.05, 3.63) is 64.6 Å². The van der Waals surface area contributed by atoms with Gasteiger partial charge in [0, 0.05) is 23.1 Å². The molecule has 0 unspecified atom stereocenters. The summed E-state index contributed by atoms with van der Waals surface area (Å²) < 4.78 is 1.85. The second kappa shape index (κ2) is 5.22. The van der Waals surface area contributed by atoms with E-state index < -0.39 is 0 Å². The van der Waals surface area contributed by atoms with E-state index in [9.17, 15) is 4.79 Å². The Hall–Kier alpha value is -2.33. The van der Waals surface area contributed by atoms with E-state index in [0.29, 0.717) is 16.2 Å². The third kappa shape index (κ3) is 2.62. The Kier molecular flexibility index (Phi) is 3.39. The molecule has 5 heteroatoms. The number of hydrogen-bond acceptors (Lipinski definition) is 2. The second-order valence-electron chi connectivity index (χ2n) is 4.95. The van der Waals surface area contributed by atoms with E-state index in [1.54, 1.807) is 18.2 Å². The molecule has 3 rings (SSSR count). The van der Waals surface area contributed by atoms with Crippen molar-refractivity contribution in [2.45, 2.75) is 13.8 Å². The Labute approximate surface area is 127 Å². The maximum absolute atomic E-state index is 12.5. The number of carbonyl (C=O) groups is 1. The molecule has 106 valence electrons. The molecule has 1 amide bonds. The lowest BCUT2D eigenvalue weighted by Gasteiger charge is -2.09. The molecule has 0 saturated heterocycles. The minimum Gasteiger partial charge on any atom is -0.322 e. The summed E-state index contributed by atoms with van der Waals surface area (Å²) in [6.07, 6.45) is 3.76. The summed E-state index contributed by atoms with van der Waals surface area (Å²) in [5.41, 5.74) is 3.73. The molecule has 0 saturated carbocycles. The molecular weight excluding hydrogens is 286 g/mol. The summed E-state index contributed by atoms with van der Waals surface area (Å²) in [6, 6.07) is 8.97. The molecular formula is C16H14ClN3O. The van der Waals surface area contributed by atoms with Crippen molar-refractivity contribution in [2.75, 3.05) is 5.32 Å². The van der Waals surface area contributed by atoms with Crippen LogP contribution in [0.25, 0.3) is 5.65 Å². The highest BCUT2D eigenvalue weighted by atomic mass is 35.5. The van der Waals surface area contributed by atoms with Crippen LogP contribution in [0.3, 0.4) is 0 Å². The molecule has 3 aromatic rings. The predicted molar refractivity (Wildman–Crippen MR) is 84.1 cm³/mol. The summed E-state index contributed by atoms with van der Waals surface area (Å²) in [7, 11) is 0. The molecule has 0 atom stereocenters. The van der Waals surface area contributed by atoms with Crippen molar-refractivity contribution < 1.29 is 4.79 Å². The summed E-state index contributed by atoms with van der Waals surface area (Å²) in [5.74, 6) is -0.184. The van der Waals surface area contributed by atoms with Gasteiger partial charge in [0.05, 0.1) is 11.3 Å². The van der Waals surface area contributed by atoms with E-state index in [1.165, 1.54) is 0 Å². The summed E-state index contributed by atoms with van der Waals surface area (Å²) in [4.78, 5) is 16.9. The average Bonchev–Trinajstić information content (AvgIpc) is 2.81. The van der Waals surface area contributed by atoms with Gasteiger partial charge in [-0.05, 0) is 49.7 Å². The number of benzene rings is 1. The number of rotatable bonds is 2. The predicted octanol–water partition coefficient (Wildman–Crippen LogP) is 3.86. The minimum atomic E-state index is -0.184. The number of carbonyl (C=O) groups excluding carboxylic acids is 1. The Bertz CT molecular complexity index is 839. The summed E-state index contributed by atoms with van der Waals surface area (Å²) >= 11 is 5.93. The number of imidazole rings is 1. The fourth-order valence-corrected chi connectivity index (χ4v) is 2.50. The highest BCUT2D eigenvalue weighted by molar-refractivity contribution is 6.30. The van der Waals surface area contributed by atoms with Crippen molar-refractivity contribution in [3.8, 4) is 0 Å². The zero-order chi connectivity index (χ0) is 15.0. The smallest absolute Gasteiger partial charge is 0.259 e. The van der Waals surface area contributed by atoms with Crippen molar-refractivity contribution in [1.82, 2.24) is 9.38 Å². The van der Waals surface area contributed by atoms with Gasteiger partial charge >= 0.3 is 0 Å². The van der Waals surface area contributed by atoms with Gasteiger partial charge in [0.1, 0.15) is 5.65 Å².